The van der Waals surface area contributed by atoms with Crippen molar-refractivity contribution in [3.63, 3.8) is 0 Å². The van der Waals surface area contributed by atoms with Crippen LogP contribution in [0.2, 0.25) is 0 Å². The molecule has 10 heteroatoms. The van der Waals surface area contributed by atoms with Crippen molar-refractivity contribution in [2.24, 2.45) is 0 Å². The SMILES string of the molecule is CCOC(=O)Oc1ccc(C(=O)Nc2ccccc2CNC(=O)c2cc(OC)c(OC)c(OC)c2)cc1. The number of carbonyl (C=O) groups is 3. The highest BCUT2D eigenvalue weighted by Crippen LogP contribution is 2.38. The number of rotatable bonds is 10. The van der Waals surface area contributed by atoms with Gasteiger partial charge in [-0.3, -0.25) is 9.59 Å². The number of anilines is 1. The molecule has 0 spiro atoms. The molecule has 37 heavy (non-hydrogen) atoms. The Hall–Kier alpha value is -4.73. The minimum Gasteiger partial charge on any atom is -0.493 e. The van der Waals surface area contributed by atoms with E-state index in [1.807, 2.05) is 0 Å². The van der Waals surface area contributed by atoms with Crippen molar-refractivity contribution in [3.05, 3.63) is 77.4 Å². The summed E-state index contributed by atoms with van der Waals surface area (Å²) in [6, 6.07) is 16.3. The summed E-state index contributed by atoms with van der Waals surface area (Å²) in [5.74, 6) is 0.625. The highest BCUT2D eigenvalue weighted by molar-refractivity contribution is 6.04. The molecule has 0 aliphatic heterocycles. The number of hydrogen-bond donors (Lipinski definition) is 2. The maximum absolute atomic E-state index is 12.9. The maximum Gasteiger partial charge on any atom is 0.513 e. The molecule has 0 fully saturated rings. The quantitative estimate of drug-likeness (QED) is 0.305. The zero-order chi connectivity index (χ0) is 26.8. The summed E-state index contributed by atoms with van der Waals surface area (Å²) in [6.45, 7) is 2.02. The summed E-state index contributed by atoms with van der Waals surface area (Å²) in [6.07, 6.45) is -0.817. The fourth-order valence-corrected chi connectivity index (χ4v) is 3.40. The summed E-state index contributed by atoms with van der Waals surface area (Å²) in [4.78, 5) is 37.1. The van der Waals surface area contributed by atoms with Crippen LogP contribution in [-0.2, 0) is 11.3 Å². The number of methoxy groups -OCH3 is 3. The van der Waals surface area contributed by atoms with Gasteiger partial charge in [-0.25, -0.2) is 4.79 Å². The zero-order valence-corrected chi connectivity index (χ0v) is 21.0. The van der Waals surface area contributed by atoms with E-state index in [-0.39, 0.29) is 30.7 Å². The van der Waals surface area contributed by atoms with Crippen LogP contribution >= 0.6 is 0 Å². The number of ether oxygens (including phenoxy) is 5. The number of benzene rings is 3. The second-order valence-corrected chi connectivity index (χ2v) is 7.52. The van der Waals surface area contributed by atoms with E-state index >= 15 is 0 Å². The van der Waals surface area contributed by atoms with Gasteiger partial charge in [0.15, 0.2) is 11.5 Å². The molecule has 3 aromatic carbocycles. The molecule has 0 aliphatic carbocycles. The van der Waals surface area contributed by atoms with Crippen molar-refractivity contribution in [2.75, 3.05) is 33.3 Å². The second-order valence-electron chi connectivity index (χ2n) is 7.52. The number of hydrogen-bond acceptors (Lipinski definition) is 8. The number of nitrogens with one attached hydrogen (secondary N) is 2. The summed E-state index contributed by atoms with van der Waals surface area (Å²) in [5, 5.41) is 5.69. The molecule has 0 heterocycles. The number of amides is 2. The molecule has 10 nitrogen and oxygen atoms in total. The van der Waals surface area contributed by atoms with Gasteiger partial charge in [0.1, 0.15) is 5.75 Å². The van der Waals surface area contributed by atoms with Gasteiger partial charge in [0.05, 0.1) is 27.9 Å². The van der Waals surface area contributed by atoms with Crippen molar-refractivity contribution < 1.29 is 38.1 Å². The van der Waals surface area contributed by atoms with Gasteiger partial charge in [-0.05, 0) is 55.0 Å². The van der Waals surface area contributed by atoms with E-state index < -0.39 is 6.16 Å². The minimum absolute atomic E-state index is 0.151. The van der Waals surface area contributed by atoms with Crippen LogP contribution < -0.4 is 29.6 Å². The van der Waals surface area contributed by atoms with Crippen LogP contribution in [0.5, 0.6) is 23.0 Å². The van der Waals surface area contributed by atoms with Crippen molar-refractivity contribution in [3.8, 4) is 23.0 Å². The first-order chi connectivity index (χ1) is 17.9. The first-order valence-electron chi connectivity index (χ1n) is 11.3. The average molecular weight is 509 g/mol. The van der Waals surface area contributed by atoms with Gasteiger partial charge in [-0.15, -0.1) is 0 Å². The van der Waals surface area contributed by atoms with Gasteiger partial charge in [0, 0.05) is 23.4 Å². The van der Waals surface area contributed by atoms with Gasteiger partial charge < -0.3 is 34.3 Å². The van der Waals surface area contributed by atoms with Crippen molar-refractivity contribution in [1.82, 2.24) is 5.32 Å². The van der Waals surface area contributed by atoms with Crippen LogP contribution in [0.15, 0.2) is 60.7 Å². The van der Waals surface area contributed by atoms with Crippen LogP contribution in [0.1, 0.15) is 33.2 Å². The highest BCUT2D eigenvalue weighted by Gasteiger charge is 2.17. The molecular formula is C27H28N2O8. The Morgan fingerprint density at radius 1 is 0.784 bits per heavy atom. The fourth-order valence-electron chi connectivity index (χ4n) is 3.40. The molecule has 2 amide bonds. The Bertz CT molecular complexity index is 1230. The third-order valence-electron chi connectivity index (χ3n) is 5.21. The van der Waals surface area contributed by atoms with E-state index in [1.54, 1.807) is 43.3 Å². The lowest BCUT2D eigenvalue weighted by Gasteiger charge is -2.15. The summed E-state index contributed by atoms with van der Waals surface area (Å²) < 4.78 is 25.6. The average Bonchev–Trinajstić information content (AvgIpc) is 2.91. The molecule has 0 saturated carbocycles. The Morgan fingerprint density at radius 2 is 1.43 bits per heavy atom. The fraction of sp³-hybridized carbons (Fsp3) is 0.222. The molecule has 0 aromatic heterocycles. The molecule has 0 atom stereocenters. The van der Waals surface area contributed by atoms with Crippen LogP contribution in [0.25, 0.3) is 0 Å². The summed E-state index contributed by atoms with van der Waals surface area (Å²) >= 11 is 0. The number of para-hydroxylation sites is 1. The molecule has 0 aliphatic rings. The van der Waals surface area contributed by atoms with Crippen molar-refractivity contribution >= 4 is 23.7 Å². The molecular weight excluding hydrogens is 480 g/mol. The van der Waals surface area contributed by atoms with E-state index in [2.05, 4.69) is 10.6 Å². The van der Waals surface area contributed by atoms with Gasteiger partial charge in [0.2, 0.25) is 5.75 Å². The molecule has 0 saturated heterocycles. The van der Waals surface area contributed by atoms with Gasteiger partial charge in [-0.2, -0.15) is 0 Å². The first kappa shape index (κ1) is 26.9. The molecule has 3 rings (SSSR count). The second kappa shape index (κ2) is 12.8. The lowest BCUT2D eigenvalue weighted by atomic mass is 10.1. The summed E-state index contributed by atoms with van der Waals surface area (Å²) in [7, 11) is 4.43. The molecule has 3 aromatic rings. The van der Waals surface area contributed by atoms with E-state index in [1.165, 1.54) is 45.6 Å². The topological polar surface area (TPSA) is 121 Å². The largest absolute Gasteiger partial charge is 0.513 e. The van der Waals surface area contributed by atoms with Crippen LogP contribution in [0.4, 0.5) is 10.5 Å². The van der Waals surface area contributed by atoms with Gasteiger partial charge in [-0.1, -0.05) is 18.2 Å². The Balaban J connectivity index is 1.68. The third kappa shape index (κ3) is 6.91. The molecule has 0 unspecified atom stereocenters. The van der Waals surface area contributed by atoms with Crippen molar-refractivity contribution in [2.45, 2.75) is 13.5 Å². The molecule has 2 N–H and O–H groups in total. The van der Waals surface area contributed by atoms with Gasteiger partial charge in [0.25, 0.3) is 11.8 Å². The van der Waals surface area contributed by atoms with E-state index in [9.17, 15) is 14.4 Å². The predicted octanol–water partition coefficient (Wildman–Crippen LogP) is 4.43. The van der Waals surface area contributed by atoms with E-state index in [0.717, 1.165) is 0 Å². The Kier molecular flexibility index (Phi) is 9.31. The van der Waals surface area contributed by atoms with Gasteiger partial charge >= 0.3 is 6.16 Å². The van der Waals surface area contributed by atoms with Crippen LogP contribution in [0, 0.1) is 0 Å². The monoisotopic (exact) mass is 508 g/mol. The molecule has 194 valence electrons. The predicted molar refractivity (Wildman–Crippen MR) is 136 cm³/mol. The lowest BCUT2D eigenvalue weighted by Crippen LogP contribution is -2.24. The number of carbonyl (C=O) groups excluding carboxylic acids is 3. The standard InChI is InChI=1S/C27H28N2O8/c1-5-36-27(32)37-20-12-10-17(11-13-20)26(31)29-21-9-7-6-8-18(21)16-28-25(30)19-14-22(33-2)24(35-4)23(15-19)34-3/h6-15H,5,16H2,1-4H3,(H,28,30)(H,29,31). The molecule has 0 radical (unpaired) electrons. The lowest BCUT2D eigenvalue weighted by molar-refractivity contribution is 0.0949. The molecule has 0 bridgehead atoms. The zero-order valence-electron chi connectivity index (χ0n) is 21.0. The highest BCUT2D eigenvalue weighted by atomic mass is 16.7. The van der Waals surface area contributed by atoms with Crippen LogP contribution in [0.3, 0.4) is 0 Å². The third-order valence-corrected chi connectivity index (χ3v) is 5.21. The maximum atomic E-state index is 12.9. The van der Waals surface area contributed by atoms with E-state index in [4.69, 9.17) is 23.7 Å². The van der Waals surface area contributed by atoms with E-state index in [0.29, 0.717) is 39.6 Å². The Labute approximate surface area is 214 Å². The summed E-state index contributed by atoms with van der Waals surface area (Å²) in [5.41, 5.74) is 1.90. The normalized spacial score (nSPS) is 10.2. The van der Waals surface area contributed by atoms with Crippen LogP contribution in [-0.4, -0.2) is 45.9 Å². The smallest absolute Gasteiger partial charge is 0.493 e. The Morgan fingerprint density at radius 3 is 2.03 bits per heavy atom. The minimum atomic E-state index is -0.817. The van der Waals surface area contributed by atoms with Crippen molar-refractivity contribution in [1.29, 1.82) is 0 Å². The first-order valence-corrected chi connectivity index (χ1v) is 11.3.